The second kappa shape index (κ2) is 8.54. The Labute approximate surface area is 180 Å². The molecule has 32 heavy (non-hydrogen) atoms. The highest BCUT2D eigenvalue weighted by atomic mass is 19.4. The van der Waals surface area contributed by atoms with Crippen LogP contribution >= 0.6 is 0 Å². The SMILES string of the molecule is Cc1cc(Nc2cc(C(F)(F)F)ccn2)nc(-c2cn([C@H]3CCN(C(=O)CO)C3)nn2)c1. The van der Waals surface area contributed by atoms with Gasteiger partial charge in [0.05, 0.1) is 23.5 Å². The van der Waals surface area contributed by atoms with Gasteiger partial charge in [-0.25, -0.2) is 14.6 Å². The predicted octanol–water partition coefficient (Wildman–Crippen LogP) is 2.57. The first kappa shape index (κ1) is 21.7. The maximum Gasteiger partial charge on any atom is 0.416 e. The van der Waals surface area contributed by atoms with Gasteiger partial charge in [-0.2, -0.15) is 13.2 Å². The minimum absolute atomic E-state index is 0.0205. The van der Waals surface area contributed by atoms with Crippen LogP contribution in [0.5, 0.6) is 0 Å². The first-order chi connectivity index (χ1) is 15.2. The highest BCUT2D eigenvalue weighted by Gasteiger charge is 2.31. The van der Waals surface area contributed by atoms with Gasteiger partial charge in [0, 0.05) is 19.3 Å². The monoisotopic (exact) mass is 447 g/mol. The zero-order chi connectivity index (χ0) is 22.9. The summed E-state index contributed by atoms with van der Waals surface area (Å²) >= 11 is 0. The van der Waals surface area contributed by atoms with Gasteiger partial charge in [-0.1, -0.05) is 5.21 Å². The van der Waals surface area contributed by atoms with E-state index in [1.165, 1.54) is 0 Å². The van der Waals surface area contributed by atoms with Crippen LogP contribution in [0.1, 0.15) is 23.6 Å². The van der Waals surface area contributed by atoms with Gasteiger partial charge in [0.1, 0.15) is 23.9 Å². The Morgan fingerprint density at radius 1 is 1.25 bits per heavy atom. The summed E-state index contributed by atoms with van der Waals surface area (Å²) in [6.45, 7) is 2.26. The summed E-state index contributed by atoms with van der Waals surface area (Å²) in [4.78, 5) is 21.6. The average Bonchev–Trinajstić information content (AvgIpc) is 3.42. The number of pyridine rings is 2. The fraction of sp³-hybridized carbons (Fsp3) is 0.350. The first-order valence-electron chi connectivity index (χ1n) is 9.83. The van der Waals surface area contributed by atoms with Crippen LogP contribution in [0.3, 0.4) is 0 Å². The average molecular weight is 447 g/mol. The Hall–Kier alpha value is -3.54. The number of nitrogens with one attached hydrogen (secondary N) is 1. The minimum Gasteiger partial charge on any atom is -0.387 e. The summed E-state index contributed by atoms with van der Waals surface area (Å²) in [6, 6.07) is 5.22. The molecule has 3 aromatic rings. The molecule has 0 aromatic carbocycles. The third kappa shape index (κ3) is 4.69. The molecule has 12 heteroatoms. The van der Waals surface area contributed by atoms with Crippen LogP contribution in [-0.2, 0) is 11.0 Å². The van der Waals surface area contributed by atoms with Crippen molar-refractivity contribution in [2.24, 2.45) is 0 Å². The molecule has 1 fully saturated rings. The number of carbonyl (C=O) groups excluding carboxylic acids is 1. The van der Waals surface area contributed by atoms with Crippen molar-refractivity contribution >= 4 is 17.5 Å². The lowest BCUT2D eigenvalue weighted by molar-refractivity contribution is -0.137. The molecule has 1 saturated heterocycles. The Morgan fingerprint density at radius 3 is 2.81 bits per heavy atom. The number of carbonyl (C=O) groups is 1. The Balaban J connectivity index is 1.53. The number of aliphatic hydroxyl groups is 1. The molecule has 2 N–H and O–H groups in total. The quantitative estimate of drug-likeness (QED) is 0.619. The van der Waals surface area contributed by atoms with E-state index in [9.17, 15) is 18.0 Å². The van der Waals surface area contributed by atoms with Crippen molar-refractivity contribution in [3.05, 3.63) is 47.8 Å². The smallest absolute Gasteiger partial charge is 0.387 e. The summed E-state index contributed by atoms with van der Waals surface area (Å²) in [5.74, 6) is 0.0150. The van der Waals surface area contributed by atoms with Crippen LogP contribution in [-0.4, -0.2) is 60.6 Å². The largest absolute Gasteiger partial charge is 0.416 e. The second-order valence-corrected chi connectivity index (χ2v) is 7.49. The number of aromatic nitrogens is 5. The van der Waals surface area contributed by atoms with Gasteiger partial charge in [-0.3, -0.25) is 4.79 Å². The van der Waals surface area contributed by atoms with Crippen molar-refractivity contribution in [2.75, 3.05) is 25.0 Å². The Bertz CT molecular complexity index is 1130. The van der Waals surface area contributed by atoms with E-state index < -0.39 is 18.3 Å². The molecular formula is C20H20F3N7O2. The van der Waals surface area contributed by atoms with Crippen LogP contribution in [0.15, 0.2) is 36.7 Å². The summed E-state index contributed by atoms with van der Waals surface area (Å²) in [5.41, 5.74) is 0.989. The van der Waals surface area contributed by atoms with Crippen molar-refractivity contribution in [2.45, 2.75) is 25.6 Å². The van der Waals surface area contributed by atoms with Gasteiger partial charge in [0.15, 0.2) is 0 Å². The molecule has 168 valence electrons. The van der Waals surface area contributed by atoms with Crippen molar-refractivity contribution in [1.29, 1.82) is 0 Å². The maximum absolute atomic E-state index is 13.0. The van der Waals surface area contributed by atoms with Crippen LogP contribution in [0.25, 0.3) is 11.4 Å². The fourth-order valence-electron chi connectivity index (χ4n) is 3.53. The number of nitrogens with zero attached hydrogens (tertiary/aromatic N) is 6. The van der Waals surface area contributed by atoms with Crippen molar-refractivity contribution in [3.63, 3.8) is 0 Å². The highest BCUT2D eigenvalue weighted by molar-refractivity contribution is 5.77. The number of aliphatic hydroxyl groups excluding tert-OH is 1. The molecule has 0 radical (unpaired) electrons. The van der Waals surface area contributed by atoms with Crippen molar-refractivity contribution in [1.82, 2.24) is 29.9 Å². The summed E-state index contributed by atoms with van der Waals surface area (Å²) in [6.07, 6.45) is -0.990. The first-order valence-corrected chi connectivity index (χ1v) is 9.83. The number of amides is 1. The van der Waals surface area contributed by atoms with Gasteiger partial charge < -0.3 is 15.3 Å². The summed E-state index contributed by atoms with van der Waals surface area (Å²) < 4.78 is 40.5. The third-order valence-electron chi connectivity index (χ3n) is 5.11. The number of anilines is 2. The third-order valence-corrected chi connectivity index (χ3v) is 5.11. The van der Waals surface area contributed by atoms with Crippen LogP contribution in [0.2, 0.25) is 0 Å². The molecule has 9 nitrogen and oxygen atoms in total. The van der Waals surface area contributed by atoms with E-state index in [1.807, 2.05) is 6.92 Å². The maximum atomic E-state index is 13.0. The molecule has 0 aliphatic carbocycles. The fourth-order valence-corrected chi connectivity index (χ4v) is 3.53. The van der Waals surface area contributed by atoms with Gasteiger partial charge in [0.2, 0.25) is 5.91 Å². The number of hydrogen-bond donors (Lipinski definition) is 2. The van der Waals surface area contributed by atoms with Crippen molar-refractivity contribution < 1.29 is 23.1 Å². The zero-order valence-electron chi connectivity index (χ0n) is 17.0. The molecule has 3 aromatic heterocycles. The Morgan fingerprint density at radius 2 is 2.06 bits per heavy atom. The molecule has 0 saturated carbocycles. The van der Waals surface area contributed by atoms with Crippen LogP contribution < -0.4 is 5.32 Å². The molecule has 1 atom stereocenters. The van der Waals surface area contributed by atoms with E-state index in [4.69, 9.17) is 5.11 Å². The van der Waals surface area contributed by atoms with Gasteiger partial charge in [0.25, 0.3) is 0 Å². The van der Waals surface area contributed by atoms with E-state index in [0.29, 0.717) is 36.7 Å². The number of aryl methyl sites for hydroxylation is 1. The van der Waals surface area contributed by atoms with Crippen LogP contribution in [0, 0.1) is 6.92 Å². The number of alkyl halides is 3. The normalized spacial score (nSPS) is 16.4. The topological polar surface area (TPSA) is 109 Å². The molecular weight excluding hydrogens is 427 g/mol. The Kier molecular flexibility index (Phi) is 5.78. The molecule has 0 spiro atoms. The standard InChI is InChI=1S/C20H20F3N7O2/c1-12-6-15(16-10-30(28-27-16)14-3-5-29(9-14)19(32)11-31)25-18(7-12)26-17-8-13(2-4-24-17)20(21,22)23/h2,4,6-8,10,14,31H,3,5,9,11H2,1H3,(H,24,25,26)/t14-/m0/s1. The molecule has 4 rings (SSSR count). The second-order valence-electron chi connectivity index (χ2n) is 7.49. The van der Waals surface area contributed by atoms with E-state index in [1.54, 1.807) is 27.9 Å². The highest BCUT2D eigenvalue weighted by Crippen LogP contribution is 2.31. The van der Waals surface area contributed by atoms with Crippen molar-refractivity contribution in [3.8, 4) is 11.4 Å². The molecule has 0 bridgehead atoms. The molecule has 4 heterocycles. The van der Waals surface area contributed by atoms with Gasteiger partial charge in [-0.15, -0.1) is 5.10 Å². The van der Waals surface area contributed by atoms with E-state index in [2.05, 4.69) is 25.6 Å². The van der Waals surface area contributed by atoms with Crippen LogP contribution in [0.4, 0.5) is 24.8 Å². The summed E-state index contributed by atoms with van der Waals surface area (Å²) in [5, 5.41) is 20.1. The van der Waals surface area contributed by atoms with E-state index in [-0.39, 0.29) is 17.8 Å². The number of hydrogen-bond acceptors (Lipinski definition) is 7. The number of likely N-dealkylation sites (tertiary alicyclic amines) is 1. The van der Waals surface area contributed by atoms with E-state index >= 15 is 0 Å². The van der Waals surface area contributed by atoms with Gasteiger partial charge >= 0.3 is 6.18 Å². The van der Waals surface area contributed by atoms with Gasteiger partial charge in [-0.05, 0) is 43.2 Å². The predicted molar refractivity (Wildman–Crippen MR) is 108 cm³/mol. The number of rotatable bonds is 5. The molecule has 0 unspecified atom stereocenters. The zero-order valence-corrected chi connectivity index (χ0v) is 17.0. The lowest BCUT2D eigenvalue weighted by Gasteiger charge is -2.14. The minimum atomic E-state index is -4.47. The molecule has 1 amide bonds. The number of halogens is 3. The lowest BCUT2D eigenvalue weighted by Crippen LogP contribution is -2.31. The van der Waals surface area contributed by atoms with E-state index in [0.717, 1.165) is 23.9 Å². The summed E-state index contributed by atoms with van der Waals surface area (Å²) in [7, 11) is 0. The molecule has 1 aliphatic rings. The molecule has 1 aliphatic heterocycles. The lowest BCUT2D eigenvalue weighted by atomic mass is 10.2.